The van der Waals surface area contributed by atoms with Crippen molar-refractivity contribution in [3.05, 3.63) is 17.2 Å². The van der Waals surface area contributed by atoms with E-state index in [-0.39, 0.29) is 0 Å². The van der Waals surface area contributed by atoms with Crippen molar-refractivity contribution in [2.45, 2.75) is 70.9 Å². The summed E-state index contributed by atoms with van der Waals surface area (Å²) in [5.74, 6) is 2.17. The Hall–Kier alpha value is -0.830. The van der Waals surface area contributed by atoms with Crippen LogP contribution in [0.15, 0.2) is 0 Å². The Balaban J connectivity index is 1.78. The van der Waals surface area contributed by atoms with Crippen LogP contribution in [0.4, 0.5) is 0 Å². The van der Waals surface area contributed by atoms with E-state index in [0.29, 0.717) is 5.41 Å². The molecule has 2 aliphatic carbocycles. The highest BCUT2D eigenvalue weighted by molar-refractivity contribution is 5.26. The minimum Gasteiger partial charge on any atom is -0.328 e. The van der Waals surface area contributed by atoms with Crippen molar-refractivity contribution in [1.82, 2.24) is 14.9 Å². The van der Waals surface area contributed by atoms with Crippen LogP contribution >= 0.6 is 0 Å². The molecule has 1 N–H and O–H groups in total. The Labute approximate surface area is 115 Å². The van der Waals surface area contributed by atoms with E-state index in [0.717, 1.165) is 25.0 Å². The van der Waals surface area contributed by atoms with Crippen molar-refractivity contribution in [3.8, 4) is 0 Å². The quantitative estimate of drug-likeness (QED) is 0.884. The lowest BCUT2D eigenvalue weighted by Crippen LogP contribution is -2.25. The van der Waals surface area contributed by atoms with Crippen molar-refractivity contribution >= 4 is 0 Å². The maximum atomic E-state index is 5.06. The van der Waals surface area contributed by atoms with E-state index in [1.807, 2.05) is 0 Å². The van der Waals surface area contributed by atoms with Crippen LogP contribution in [0.25, 0.3) is 0 Å². The molecule has 104 valence electrons. The Morgan fingerprint density at radius 3 is 2.68 bits per heavy atom. The van der Waals surface area contributed by atoms with Crippen molar-refractivity contribution in [1.29, 1.82) is 0 Å². The highest BCUT2D eigenvalue weighted by Crippen LogP contribution is 2.57. The van der Waals surface area contributed by atoms with Gasteiger partial charge in [-0.2, -0.15) is 0 Å². The third-order valence-corrected chi connectivity index (χ3v) is 5.44. The average Bonchev–Trinajstić information content (AvgIpc) is 2.85. The molecule has 1 aromatic heterocycles. The van der Waals surface area contributed by atoms with Crippen LogP contribution in [0.3, 0.4) is 0 Å². The predicted octanol–water partition coefficient (Wildman–Crippen LogP) is 3.16. The summed E-state index contributed by atoms with van der Waals surface area (Å²) >= 11 is 0. The summed E-state index contributed by atoms with van der Waals surface area (Å²) in [5, 5.41) is 3.48. The predicted molar refractivity (Wildman–Crippen MR) is 76.3 cm³/mol. The molecule has 3 nitrogen and oxygen atoms in total. The van der Waals surface area contributed by atoms with Crippen molar-refractivity contribution < 1.29 is 0 Å². The van der Waals surface area contributed by atoms with Gasteiger partial charge in [-0.3, -0.25) is 0 Å². The third kappa shape index (κ3) is 1.85. The molecule has 0 bridgehead atoms. The second-order valence-corrected chi connectivity index (χ2v) is 7.35. The standard InChI is InChI=1S/C16H25N3/c1-16(2)9-14(16)19-13-7-8-17-10-12(13)18-15(19)11-5-3-4-6-11/h11,14,17H,3-10H2,1-2H3. The molecule has 2 saturated carbocycles. The van der Waals surface area contributed by atoms with Crippen molar-refractivity contribution in [2.75, 3.05) is 6.54 Å². The summed E-state index contributed by atoms with van der Waals surface area (Å²) < 4.78 is 2.67. The minimum absolute atomic E-state index is 0.493. The summed E-state index contributed by atoms with van der Waals surface area (Å²) in [4.78, 5) is 5.06. The van der Waals surface area contributed by atoms with Gasteiger partial charge >= 0.3 is 0 Å². The molecular weight excluding hydrogens is 234 g/mol. The number of hydrogen-bond acceptors (Lipinski definition) is 2. The van der Waals surface area contributed by atoms with E-state index < -0.39 is 0 Å². The second kappa shape index (κ2) is 4.08. The van der Waals surface area contributed by atoms with Crippen LogP contribution in [0, 0.1) is 5.41 Å². The molecule has 3 aliphatic rings. The monoisotopic (exact) mass is 259 g/mol. The number of imidazole rings is 1. The Morgan fingerprint density at radius 1 is 1.26 bits per heavy atom. The Morgan fingerprint density at radius 2 is 2.00 bits per heavy atom. The maximum absolute atomic E-state index is 5.06. The molecule has 0 spiro atoms. The summed E-state index contributed by atoms with van der Waals surface area (Å²) in [6, 6.07) is 0.720. The van der Waals surface area contributed by atoms with Gasteiger partial charge in [-0.05, 0) is 24.7 Å². The highest BCUT2D eigenvalue weighted by atomic mass is 15.2. The van der Waals surface area contributed by atoms with E-state index in [2.05, 4.69) is 23.7 Å². The topological polar surface area (TPSA) is 29.9 Å². The summed E-state index contributed by atoms with van der Waals surface area (Å²) in [6.07, 6.45) is 8.01. The fraction of sp³-hybridized carbons (Fsp3) is 0.812. The van der Waals surface area contributed by atoms with Crippen molar-refractivity contribution in [2.24, 2.45) is 5.41 Å². The SMILES string of the molecule is CC1(C)CC1n1c(C2CCCC2)nc2c1CCNC2. The highest BCUT2D eigenvalue weighted by Gasteiger charge is 2.49. The summed E-state index contributed by atoms with van der Waals surface area (Å²) in [6.45, 7) is 6.91. The van der Waals surface area contributed by atoms with Gasteiger partial charge in [0.25, 0.3) is 0 Å². The van der Waals surface area contributed by atoms with Crippen LogP contribution in [-0.2, 0) is 13.0 Å². The average molecular weight is 259 g/mol. The Kier molecular flexibility index (Phi) is 2.57. The van der Waals surface area contributed by atoms with Gasteiger partial charge in [0.2, 0.25) is 0 Å². The molecule has 4 rings (SSSR count). The van der Waals surface area contributed by atoms with E-state index >= 15 is 0 Å². The van der Waals surface area contributed by atoms with Crippen LogP contribution in [0.5, 0.6) is 0 Å². The molecule has 2 fully saturated rings. The number of fused-ring (bicyclic) bond motifs is 1. The molecule has 0 saturated heterocycles. The fourth-order valence-corrected chi connectivity index (χ4v) is 4.05. The summed E-state index contributed by atoms with van der Waals surface area (Å²) in [7, 11) is 0. The van der Waals surface area contributed by atoms with Crippen LogP contribution in [-0.4, -0.2) is 16.1 Å². The molecule has 0 radical (unpaired) electrons. The first kappa shape index (κ1) is 12.0. The maximum Gasteiger partial charge on any atom is 0.112 e. The van der Waals surface area contributed by atoms with Gasteiger partial charge in [0, 0.05) is 37.2 Å². The van der Waals surface area contributed by atoms with Gasteiger partial charge < -0.3 is 9.88 Å². The number of nitrogens with one attached hydrogen (secondary N) is 1. The fourth-order valence-electron chi connectivity index (χ4n) is 4.05. The lowest BCUT2D eigenvalue weighted by atomic mass is 10.1. The zero-order valence-corrected chi connectivity index (χ0v) is 12.2. The Bertz CT molecular complexity index is 494. The first-order valence-electron chi connectivity index (χ1n) is 7.97. The van der Waals surface area contributed by atoms with Gasteiger partial charge in [-0.25, -0.2) is 4.98 Å². The van der Waals surface area contributed by atoms with E-state index in [9.17, 15) is 0 Å². The lowest BCUT2D eigenvalue weighted by Gasteiger charge is -2.19. The van der Waals surface area contributed by atoms with Gasteiger partial charge in [-0.1, -0.05) is 26.7 Å². The molecule has 2 heterocycles. The first-order chi connectivity index (χ1) is 9.17. The molecule has 19 heavy (non-hydrogen) atoms. The number of hydrogen-bond donors (Lipinski definition) is 1. The van der Waals surface area contributed by atoms with Crippen LogP contribution in [0.1, 0.15) is 75.1 Å². The number of nitrogens with zero attached hydrogens (tertiary/aromatic N) is 2. The number of rotatable bonds is 2. The molecular formula is C16H25N3. The second-order valence-electron chi connectivity index (χ2n) is 7.35. The zero-order chi connectivity index (χ0) is 13.0. The van der Waals surface area contributed by atoms with Gasteiger partial charge in [0.1, 0.15) is 5.82 Å². The molecule has 0 aromatic carbocycles. The summed E-state index contributed by atoms with van der Waals surface area (Å²) in [5.41, 5.74) is 3.39. The van der Waals surface area contributed by atoms with E-state index in [1.165, 1.54) is 50.0 Å². The van der Waals surface area contributed by atoms with Crippen LogP contribution in [0.2, 0.25) is 0 Å². The molecule has 0 amide bonds. The van der Waals surface area contributed by atoms with Gasteiger partial charge in [-0.15, -0.1) is 0 Å². The zero-order valence-electron chi connectivity index (χ0n) is 12.2. The largest absolute Gasteiger partial charge is 0.328 e. The molecule has 1 atom stereocenters. The smallest absolute Gasteiger partial charge is 0.112 e. The normalized spacial score (nSPS) is 29.5. The number of aromatic nitrogens is 2. The third-order valence-electron chi connectivity index (χ3n) is 5.44. The lowest BCUT2D eigenvalue weighted by molar-refractivity contribution is 0.488. The van der Waals surface area contributed by atoms with Gasteiger partial charge in [0.05, 0.1) is 5.69 Å². The molecule has 3 heteroatoms. The van der Waals surface area contributed by atoms with E-state index in [1.54, 1.807) is 5.69 Å². The molecule has 1 aromatic rings. The van der Waals surface area contributed by atoms with Gasteiger partial charge in [0.15, 0.2) is 0 Å². The van der Waals surface area contributed by atoms with Crippen molar-refractivity contribution in [3.63, 3.8) is 0 Å². The minimum atomic E-state index is 0.493. The van der Waals surface area contributed by atoms with E-state index in [4.69, 9.17) is 4.98 Å². The molecule has 1 aliphatic heterocycles. The van der Waals surface area contributed by atoms with Crippen LogP contribution < -0.4 is 5.32 Å². The first-order valence-corrected chi connectivity index (χ1v) is 7.97. The molecule has 1 unspecified atom stereocenters.